The average Bonchev–Trinajstić information content (AvgIpc) is 2.18. The van der Waals surface area contributed by atoms with Gasteiger partial charge in [-0.3, -0.25) is 4.79 Å². The van der Waals surface area contributed by atoms with E-state index in [1.165, 1.54) is 0 Å². The Morgan fingerprint density at radius 3 is 2.20 bits per heavy atom. The van der Waals surface area contributed by atoms with Crippen LogP contribution >= 0.6 is 0 Å². The van der Waals surface area contributed by atoms with E-state index in [-0.39, 0.29) is 0 Å². The molecule has 0 spiro atoms. The topological polar surface area (TPSA) is 63.6 Å². The fourth-order valence-electron chi connectivity index (χ4n) is 1.59. The molecule has 1 rings (SSSR count). The Morgan fingerprint density at radius 2 is 1.73 bits per heavy atom. The minimum atomic E-state index is -4.41. The highest BCUT2D eigenvalue weighted by Crippen LogP contribution is 2.27. The number of hydrogen-bond acceptors (Lipinski definition) is 3. The van der Waals surface area contributed by atoms with Gasteiger partial charge in [-0.1, -0.05) is 19.3 Å². The van der Waals surface area contributed by atoms with Gasteiger partial charge < -0.3 is 9.84 Å². The minimum absolute atomic E-state index is 0.495. The van der Waals surface area contributed by atoms with Crippen LogP contribution in [0.4, 0.5) is 8.78 Å². The molecule has 0 aliphatic heterocycles. The molecule has 0 unspecified atom stereocenters. The molecule has 6 heteroatoms. The molecule has 0 saturated heterocycles. The molecule has 1 fully saturated rings. The van der Waals surface area contributed by atoms with Crippen molar-refractivity contribution in [3.8, 4) is 0 Å². The van der Waals surface area contributed by atoms with Crippen LogP contribution in [0.15, 0.2) is 0 Å². The van der Waals surface area contributed by atoms with Gasteiger partial charge in [0.05, 0.1) is 5.92 Å². The number of rotatable bonds is 3. The van der Waals surface area contributed by atoms with Crippen molar-refractivity contribution in [3.63, 3.8) is 0 Å². The molecule has 0 atom stereocenters. The van der Waals surface area contributed by atoms with Gasteiger partial charge in [0, 0.05) is 0 Å². The van der Waals surface area contributed by atoms with Gasteiger partial charge in [-0.2, -0.15) is 8.78 Å². The fourth-order valence-corrected chi connectivity index (χ4v) is 1.59. The summed E-state index contributed by atoms with van der Waals surface area (Å²) in [6.07, 6.45) is -0.868. The molecule has 0 aromatic heterocycles. The van der Waals surface area contributed by atoms with Crippen molar-refractivity contribution in [3.05, 3.63) is 0 Å². The third kappa shape index (κ3) is 3.14. The van der Waals surface area contributed by atoms with E-state index in [1.807, 2.05) is 0 Å². The predicted octanol–water partition coefficient (Wildman–Crippen LogP) is 1.79. The Morgan fingerprint density at radius 1 is 1.20 bits per heavy atom. The van der Waals surface area contributed by atoms with E-state index in [0.29, 0.717) is 12.8 Å². The van der Waals surface area contributed by atoms with Gasteiger partial charge in [0.1, 0.15) is 0 Å². The summed E-state index contributed by atoms with van der Waals surface area (Å²) in [6.45, 7) is 0. The monoisotopic (exact) mass is 222 g/mol. The van der Waals surface area contributed by atoms with Crippen LogP contribution in [0.1, 0.15) is 32.1 Å². The Labute approximate surface area is 85.2 Å². The van der Waals surface area contributed by atoms with Gasteiger partial charge in [0.25, 0.3) is 0 Å². The van der Waals surface area contributed by atoms with E-state index in [4.69, 9.17) is 5.11 Å². The molecule has 0 amide bonds. The molecule has 1 N–H and O–H groups in total. The Bertz CT molecular complexity index is 259. The molecule has 0 aromatic carbocycles. The van der Waals surface area contributed by atoms with Crippen LogP contribution in [-0.4, -0.2) is 23.2 Å². The van der Waals surface area contributed by atoms with Crippen molar-refractivity contribution in [2.24, 2.45) is 5.92 Å². The number of carbonyl (C=O) groups excluding carboxylic acids is 1. The van der Waals surface area contributed by atoms with Crippen LogP contribution in [0.3, 0.4) is 0 Å². The molecule has 86 valence electrons. The summed E-state index contributed by atoms with van der Waals surface area (Å²) in [5.41, 5.74) is 0. The Kier molecular flexibility index (Phi) is 3.60. The quantitative estimate of drug-likeness (QED) is 0.739. The van der Waals surface area contributed by atoms with Gasteiger partial charge in [0.2, 0.25) is 0 Å². The van der Waals surface area contributed by atoms with Crippen molar-refractivity contribution >= 4 is 11.9 Å². The summed E-state index contributed by atoms with van der Waals surface area (Å²) in [4.78, 5) is 21.2. The minimum Gasteiger partial charge on any atom is -0.474 e. The second-order valence-electron chi connectivity index (χ2n) is 3.58. The zero-order valence-electron chi connectivity index (χ0n) is 8.04. The Hall–Kier alpha value is -1.20. The van der Waals surface area contributed by atoms with Crippen molar-refractivity contribution in [1.82, 2.24) is 0 Å². The van der Waals surface area contributed by atoms with E-state index in [0.717, 1.165) is 19.3 Å². The summed E-state index contributed by atoms with van der Waals surface area (Å²) < 4.78 is 28.7. The molecule has 15 heavy (non-hydrogen) atoms. The molecule has 1 aliphatic carbocycles. The van der Waals surface area contributed by atoms with Gasteiger partial charge >= 0.3 is 18.0 Å². The number of ether oxygens (including phenoxy) is 1. The third-order valence-electron chi connectivity index (χ3n) is 2.42. The first-order valence-electron chi connectivity index (χ1n) is 4.77. The van der Waals surface area contributed by atoms with E-state index in [9.17, 15) is 18.4 Å². The predicted molar refractivity (Wildman–Crippen MR) is 45.2 cm³/mol. The van der Waals surface area contributed by atoms with Gasteiger partial charge in [-0.25, -0.2) is 4.79 Å². The van der Waals surface area contributed by atoms with Gasteiger partial charge in [-0.15, -0.1) is 0 Å². The standard InChI is InChI=1S/C9H12F2O4/c10-9(11,8(13)14)15-7(12)6-4-2-1-3-5-6/h6H,1-5H2,(H,13,14). The van der Waals surface area contributed by atoms with Crippen molar-refractivity contribution in [2.75, 3.05) is 0 Å². The zero-order valence-corrected chi connectivity index (χ0v) is 8.04. The maximum absolute atomic E-state index is 12.5. The molecule has 0 aromatic rings. The van der Waals surface area contributed by atoms with Crippen LogP contribution in [0, 0.1) is 5.92 Å². The largest absolute Gasteiger partial charge is 0.503 e. The lowest BCUT2D eigenvalue weighted by atomic mass is 9.89. The molecule has 1 saturated carbocycles. The maximum Gasteiger partial charge on any atom is 0.503 e. The number of esters is 1. The molecular weight excluding hydrogens is 210 g/mol. The SMILES string of the molecule is O=C(OC(F)(F)C(=O)O)C1CCCCC1. The highest BCUT2D eigenvalue weighted by Gasteiger charge is 2.45. The van der Waals surface area contributed by atoms with Gasteiger partial charge in [-0.05, 0) is 12.8 Å². The fraction of sp³-hybridized carbons (Fsp3) is 0.778. The van der Waals surface area contributed by atoms with Crippen molar-refractivity contribution < 1.29 is 28.2 Å². The number of halogens is 2. The first-order valence-corrected chi connectivity index (χ1v) is 4.77. The van der Waals surface area contributed by atoms with E-state index >= 15 is 0 Å². The van der Waals surface area contributed by atoms with Gasteiger partial charge in [0.15, 0.2) is 0 Å². The van der Waals surface area contributed by atoms with Crippen LogP contribution in [0.5, 0.6) is 0 Å². The number of aliphatic carboxylic acids is 1. The zero-order chi connectivity index (χ0) is 11.5. The second kappa shape index (κ2) is 4.55. The van der Waals surface area contributed by atoms with Crippen LogP contribution in [0.25, 0.3) is 0 Å². The molecule has 0 heterocycles. The summed E-state index contributed by atoms with van der Waals surface area (Å²) in [5, 5.41) is 8.06. The highest BCUT2D eigenvalue weighted by atomic mass is 19.3. The summed E-state index contributed by atoms with van der Waals surface area (Å²) in [7, 11) is 0. The van der Waals surface area contributed by atoms with Crippen LogP contribution in [0.2, 0.25) is 0 Å². The third-order valence-corrected chi connectivity index (χ3v) is 2.42. The van der Waals surface area contributed by atoms with Crippen LogP contribution < -0.4 is 0 Å². The lowest BCUT2D eigenvalue weighted by Gasteiger charge is -2.21. The average molecular weight is 222 g/mol. The normalized spacial score (nSPS) is 18.5. The Balaban J connectivity index is 2.50. The van der Waals surface area contributed by atoms with Crippen LogP contribution in [-0.2, 0) is 14.3 Å². The number of carboxylic acid groups (broad SMARTS) is 1. The van der Waals surface area contributed by atoms with Crippen molar-refractivity contribution in [1.29, 1.82) is 0 Å². The summed E-state index contributed by atoms with van der Waals surface area (Å²) in [5.74, 6) is -4.13. The lowest BCUT2D eigenvalue weighted by Crippen LogP contribution is -2.36. The smallest absolute Gasteiger partial charge is 0.474 e. The molecule has 0 bridgehead atoms. The maximum atomic E-state index is 12.5. The summed E-state index contributed by atoms with van der Waals surface area (Å²) >= 11 is 0. The number of alkyl halides is 2. The summed E-state index contributed by atoms with van der Waals surface area (Å²) in [6, 6.07) is 0. The molecule has 0 radical (unpaired) electrons. The second-order valence-corrected chi connectivity index (χ2v) is 3.58. The first kappa shape index (κ1) is 11.9. The first-order chi connectivity index (χ1) is 6.93. The lowest BCUT2D eigenvalue weighted by molar-refractivity contribution is -0.243. The van der Waals surface area contributed by atoms with E-state index in [2.05, 4.69) is 4.74 Å². The highest BCUT2D eigenvalue weighted by molar-refractivity contribution is 5.80. The molecule has 4 nitrogen and oxygen atoms in total. The molecular formula is C9H12F2O4. The number of carbonyl (C=O) groups is 2. The van der Waals surface area contributed by atoms with E-state index in [1.54, 1.807) is 0 Å². The number of carboxylic acids is 1. The molecule has 1 aliphatic rings. The number of hydrogen-bond donors (Lipinski definition) is 1. The van der Waals surface area contributed by atoms with E-state index < -0.39 is 24.0 Å². The van der Waals surface area contributed by atoms with Crippen molar-refractivity contribution in [2.45, 2.75) is 38.2 Å².